The van der Waals surface area contributed by atoms with Crippen LogP contribution >= 0.6 is 0 Å². The Morgan fingerprint density at radius 1 is 1.24 bits per heavy atom. The van der Waals surface area contributed by atoms with E-state index in [-0.39, 0.29) is 5.92 Å². The van der Waals surface area contributed by atoms with E-state index in [2.05, 4.69) is 32.0 Å². The largest absolute Gasteiger partial charge is 0.379 e. The number of nitrogens with one attached hydrogen (secondary N) is 1. The van der Waals surface area contributed by atoms with Gasteiger partial charge in [-0.2, -0.15) is 0 Å². The zero-order valence-electron chi connectivity index (χ0n) is 15.0. The lowest BCUT2D eigenvalue weighted by Crippen LogP contribution is -2.53. The third-order valence-corrected chi connectivity index (χ3v) is 5.70. The van der Waals surface area contributed by atoms with Crippen molar-refractivity contribution >= 4 is 5.91 Å². The van der Waals surface area contributed by atoms with E-state index in [4.69, 9.17) is 4.74 Å². The van der Waals surface area contributed by atoms with Crippen LogP contribution in [0.4, 0.5) is 0 Å². The maximum atomic E-state index is 12.5. The molecule has 3 aliphatic heterocycles. The molecule has 0 aliphatic carbocycles. The fraction of sp³-hybridized carbons (Fsp3) is 0.824. The van der Waals surface area contributed by atoms with Crippen LogP contribution < -0.4 is 5.32 Å². The van der Waals surface area contributed by atoms with Crippen molar-refractivity contribution in [3.05, 3.63) is 11.6 Å². The van der Waals surface area contributed by atoms with Gasteiger partial charge in [-0.05, 0) is 12.8 Å². The molecule has 3 aliphatic rings. The number of likely N-dealkylation sites (tertiary alicyclic amines) is 1. The molecule has 1 aromatic heterocycles. The molecule has 0 aromatic carbocycles. The predicted molar refractivity (Wildman–Crippen MR) is 92.0 cm³/mol. The van der Waals surface area contributed by atoms with Gasteiger partial charge in [-0.1, -0.05) is 0 Å². The van der Waals surface area contributed by atoms with E-state index in [0.29, 0.717) is 11.8 Å². The maximum Gasteiger partial charge on any atom is 0.228 e. The van der Waals surface area contributed by atoms with Gasteiger partial charge in [-0.3, -0.25) is 9.69 Å². The summed E-state index contributed by atoms with van der Waals surface area (Å²) in [6.07, 6.45) is 2.12. The van der Waals surface area contributed by atoms with Gasteiger partial charge in [0.2, 0.25) is 5.91 Å². The van der Waals surface area contributed by atoms with Crippen molar-refractivity contribution in [2.75, 3.05) is 52.5 Å². The molecular formula is C17H28N6O2. The normalized spacial score (nSPS) is 25.8. The third-order valence-electron chi connectivity index (χ3n) is 5.70. The SMILES string of the molecule is Cn1c(CN2CCOCC2)nnc1[C@H]1CCCN(C(=O)C2CNC2)C1. The second-order valence-electron chi connectivity index (χ2n) is 7.40. The van der Waals surface area contributed by atoms with E-state index >= 15 is 0 Å². The van der Waals surface area contributed by atoms with Crippen LogP contribution in [0.25, 0.3) is 0 Å². The molecule has 3 fully saturated rings. The Hall–Kier alpha value is -1.51. The molecule has 8 nitrogen and oxygen atoms in total. The Morgan fingerprint density at radius 2 is 2.04 bits per heavy atom. The van der Waals surface area contributed by atoms with Crippen molar-refractivity contribution in [1.29, 1.82) is 0 Å². The number of rotatable bonds is 4. The Kier molecular flexibility index (Phi) is 5.00. The van der Waals surface area contributed by atoms with Crippen LogP contribution in [0, 0.1) is 5.92 Å². The van der Waals surface area contributed by atoms with Crippen LogP contribution in [0.1, 0.15) is 30.4 Å². The summed E-state index contributed by atoms with van der Waals surface area (Å²) in [6, 6.07) is 0. The quantitative estimate of drug-likeness (QED) is 0.796. The average molecular weight is 348 g/mol. The van der Waals surface area contributed by atoms with Crippen LogP contribution in [0.3, 0.4) is 0 Å². The Morgan fingerprint density at radius 3 is 2.76 bits per heavy atom. The third kappa shape index (κ3) is 3.56. The lowest BCUT2D eigenvalue weighted by atomic mass is 9.94. The molecule has 4 heterocycles. The summed E-state index contributed by atoms with van der Waals surface area (Å²) in [4.78, 5) is 16.9. The van der Waals surface area contributed by atoms with E-state index in [0.717, 1.165) is 83.5 Å². The van der Waals surface area contributed by atoms with Crippen LogP contribution in [-0.2, 0) is 23.1 Å². The molecule has 1 N–H and O–H groups in total. The predicted octanol–water partition coefficient (Wildman–Crippen LogP) is -0.427. The Bertz CT molecular complexity index is 608. The molecule has 1 amide bonds. The molecule has 0 bridgehead atoms. The van der Waals surface area contributed by atoms with Crippen molar-refractivity contribution in [2.45, 2.75) is 25.3 Å². The number of amides is 1. The molecule has 8 heteroatoms. The van der Waals surface area contributed by atoms with E-state index in [1.807, 2.05) is 4.90 Å². The molecule has 138 valence electrons. The van der Waals surface area contributed by atoms with Crippen LogP contribution in [-0.4, -0.2) is 83.0 Å². The summed E-state index contributed by atoms with van der Waals surface area (Å²) in [5, 5.41) is 12.1. The van der Waals surface area contributed by atoms with E-state index in [1.54, 1.807) is 0 Å². The highest BCUT2D eigenvalue weighted by Crippen LogP contribution is 2.27. The molecule has 0 spiro atoms. The summed E-state index contributed by atoms with van der Waals surface area (Å²) in [5.41, 5.74) is 0. The number of morpholine rings is 1. The van der Waals surface area contributed by atoms with Gasteiger partial charge in [-0.25, -0.2) is 0 Å². The molecule has 25 heavy (non-hydrogen) atoms. The number of carbonyl (C=O) groups excluding carboxylic acids is 1. The smallest absolute Gasteiger partial charge is 0.228 e. The van der Waals surface area contributed by atoms with Crippen molar-refractivity contribution in [1.82, 2.24) is 29.9 Å². The first kappa shape index (κ1) is 16.9. The van der Waals surface area contributed by atoms with Gasteiger partial charge in [0.25, 0.3) is 0 Å². The number of nitrogens with zero attached hydrogens (tertiary/aromatic N) is 5. The summed E-state index contributed by atoms with van der Waals surface area (Å²) in [6.45, 7) is 7.61. The lowest BCUT2D eigenvalue weighted by molar-refractivity contribution is -0.138. The van der Waals surface area contributed by atoms with Gasteiger partial charge in [0.05, 0.1) is 25.7 Å². The van der Waals surface area contributed by atoms with Gasteiger partial charge >= 0.3 is 0 Å². The van der Waals surface area contributed by atoms with Crippen molar-refractivity contribution < 1.29 is 9.53 Å². The van der Waals surface area contributed by atoms with E-state index in [9.17, 15) is 4.79 Å². The molecule has 3 saturated heterocycles. The lowest BCUT2D eigenvalue weighted by Gasteiger charge is -2.37. The zero-order valence-corrected chi connectivity index (χ0v) is 15.0. The summed E-state index contributed by atoms with van der Waals surface area (Å²) in [7, 11) is 2.06. The molecule has 0 radical (unpaired) electrons. The van der Waals surface area contributed by atoms with Gasteiger partial charge in [-0.15, -0.1) is 10.2 Å². The second-order valence-corrected chi connectivity index (χ2v) is 7.40. The summed E-state index contributed by atoms with van der Waals surface area (Å²) < 4.78 is 7.55. The van der Waals surface area contributed by atoms with Crippen LogP contribution in [0.5, 0.6) is 0 Å². The van der Waals surface area contributed by atoms with Crippen molar-refractivity contribution in [3.63, 3.8) is 0 Å². The average Bonchev–Trinajstić information content (AvgIpc) is 2.95. The first-order chi connectivity index (χ1) is 12.2. The molecule has 0 unspecified atom stereocenters. The van der Waals surface area contributed by atoms with E-state index < -0.39 is 0 Å². The maximum absolute atomic E-state index is 12.5. The number of aromatic nitrogens is 3. The topological polar surface area (TPSA) is 75.5 Å². The number of hydrogen-bond donors (Lipinski definition) is 1. The second kappa shape index (κ2) is 7.39. The van der Waals surface area contributed by atoms with Gasteiger partial charge in [0.15, 0.2) is 0 Å². The molecule has 0 saturated carbocycles. The molecule has 4 rings (SSSR count). The first-order valence-corrected chi connectivity index (χ1v) is 9.40. The fourth-order valence-corrected chi connectivity index (χ4v) is 3.94. The minimum Gasteiger partial charge on any atom is -0.379 e. The molecular weight excluding hydrogens is 320 g/mol. The monoisotopic (exact) mass is 348 g/mol. The minimum absolute atomic E-state index is 0.176. The summed E-state index contributed by atoms with van der Waals surface area (Å²) in [5.74, 6) is 2.80. The standard InChI is InChI=1S/C17H28N6O2/c1-21-15(12-22-5-7-25-8-6-22)19-20-16(21)13-3-2-4-23(11-13)17(24)14-9-18-10-14/h13-14,18H,2-12H2,1H3/t13-/m0/s1. The van der Waals surface area contributed by atoms with E-state index in [1.165, 1.54) is 0 Å². The fourth-order valence-electron chi connectivity index (χ4n) is 3.94. The minimum atomic E-state index is 0.176. The Balaban J connectivity index is 1.41. The number of piperidine rings is 1. The number of ether oxygens (including phenoxy) is 1. The van der Waals surface area contributed by atoms with Gasteiger partial charge < -0.3 is 19.5 Å². The Labute approximate surface area is 148 Å². The first-order valence-electron chi connectivity index (χ1n) is 9.40. The summed E-state index contributed by atoms with van der Waals surface area (Å²) >= 11 is 0. The van der Waals surface area contributed by atoms with Crippen LogP contribution in [0.15, 0.2) is 0 Å². The zero-order chi connectivity index (χ0) is 17.2. The van der Waals surface area contributed by atoms with Crippen LogP contribution in [0.2, 0.25) is 0 Å². The number of hydrogen-bond acceptors (Lipinski definition) is 6. The molecule has 1 atom stereocenters. The highest BCUT2D eigenvalue weighted by Gasteiger charge is 2.34. The highest BCUT2D eigenvalue weighted by atomic mass is 16.5. The van der Waals surface area contributed by atoms with Crippen molar-refractivity contribution in [2.24, 2.45) is 13.0 Å². The van der Waals surface area contributed by atoms with Gasteiger partial charge in [0.1, 0.15) is 11.6 Å². The van der Waals surface area contributed by atoms with Crippen molar-refractivity contribution in [3.8, 4) is 0 Å². The molecule has 1 aromatic rings. The highest BCUT2D eigenvalue weighted by molar-refractivity contribution is 5.80. The van der Waals surface area contributed by atoms with Gasteiger partial charge in [0, 0.05) is 52.2 Å². The number of carbonyl (C=O) groups is 1.